The first-order valence-corrected chi connectivity index (χ1v) is 13.0. The third-order valence-electron chi connectivity index (χ3n) is 10.7. The number of aliphatic hydroxyl groups excluding tert-OH is 1. The van der Waals surface area contributed by atoms with Gasteiger partial charge < -0.3 is 25.2 Å². The molecule has 0 saturated heterocycles. The predicted molar refractivity (Wildman–Crippen MR) is 130 cm³/mol. The molecule has 0 aliphatic heterocycles. The number of aliphatic hydroxyl groups is 4. The number of allylic oxidation sites excluding steroid dienone is 1. The van der Waals surface area contributed by atoms with Crippen molar-refractivity contribution in [2.24, 2.45) is 22.7 Å². The van der Waals surface area contributed by atoms with Crippen LogP contribution in [0, 0.1) is 22.7 Å². The Morgan fingerprint density at radius 2 is 1.77 bits per heavy atom. The summed E-state index contributed by atoms with van der Waals surface area (Å²) in [5.74, 6) is -1.41. The van der Waals surface area contributed by atoms with Crippen LogP contribution in [0.3, 0.4) is 0 Å². The predicted octanol–water partition coefficient (Wildman–Crippen LogP) is 2.98. The summed E-state index contributed by atoms with van der Waals surface area (Å²) < 4.78 is 6.01. The summed E-state index contributed by atoms with van der Waals surface area (Å²) >= 11 is 0. The third kappa shape index (κ3) is 3.38. The molecule has 3 saturated carbocycles. The van der Waals surface area contributed by atoms with Crippen LogP contribution in [-0.2, 0) is 14.3 Å². The van der Waals surface area contributed by atoms with Crippen LogP contribution in [-0.4, -0.2) is 61.2 Å². The molecule has 3 fully saturated rings. The van der Waals surface area contributed by atoms with Crippen molar-refractivity contribution < 1.29 is 34.8 Å². The molecule has 4 N–H and O–H groups in total. The molecule has 0 unspecified atom stereocenters. The van der Waals surface area contributed by atoms with Gasteiger partial charge in [0.2, 0.25) is 0 Å². The lowest BCUT2D eigenvalue weighted by Gasteiger charge is -2.67. The maximum atomic E-state index is 13.0. The van der Waals surface area contributed by atoms with Crippen LogP contribution < -0.4 is 0 Å². The van der Waals surface area contributed by atoms with Crippen molar-refractivity contribution in [2.75, 3.05) is 0 Å². The van der Waals surface area contributed by atoms with Gasteiger partial charge in [-0.3, -0.25) is 4.79 Å². The second kappa shape index (κ2) is 8.23. The maximum Gasteiger partial charge on any atom is 0.330 e. The van der Waals surface area contributed by atoms with E-state index in [0.29, 0.717) is 19.3 Å². The number of carbonyl (C=O) groups is 2. The monoisotopic (exact) mass is 490 g/mol. The highest BCUT2D eigenvalue weighted by molar-refractivity contribution is 5.87. The van der Waals surface area contributed by atoms with Crippen LogP contribution in [0.1, 0.15) is 86.5 Å². The summed E-state index contributed by atoms with van der Waals surface area (Å²) in [5, 5.41) is 46.7. The van der Waals surface area contributed by atoms with Crippen LogP contribution >= 0.6 is 0 Å². The minimum absolute atomic E-state index is 0.0172. The molecular formula is C28H42O7. The van der Waals surface area contributed by atoms with Gasteiger partial charge in [0.05, 0.1) is 11.5 Å². The van der Waals surface area contributed by atoms with E-state index in [9.17, 15) is 30.0 Å². The lowest BCUT2D eigenvalue weighted by atomic mass is 9.42. The van der Waals surface area contributed by atoms with E-state index in [1.165, 1.54) is 13.0 Å². The summed E-state index contributed by atoms with van der Waals surface area (Å²) in [5.41, 5.74) is -5.62. The van der Waals surface area contributed by atoms with Crippen LogP contribution in [0.25, 0.3) is 0 Å². The molecule has 0 heterocycles. The van der Waals surface area contributed by atoms with E-state index in [1.54, 1.807) is 6.92 Å². The Morgan fingerprint density at radius 3 is 2.37 bits per heavy atom. The van der Waals surface area contributed by atoms with Crippen molar-refractivity contribution in [1.82, 2.24) is 0 Å². The van der Waals surface area contributed by atoms with Crippen molar-refractivity contribution in [3.63, 3.8) is 0 Å². The number of Topliss-reactive ketones (excluding diaryl/α,β-unsaturated/α-hetero) is 1. The van der Waals surface area contributed by atoms with E-state index in [4.69, 9.17) is 4.74 Å². The molecule has 8 atom stereocenters. The average molecular weight is 491 g/mol. The number of hydrogen-bond acceptors (Lipinski definition) is 7. The minimum Gasteiger partial charge on any atom is -0.458 e. The van der Waals surface area contributed by atoms with Crippen molar-refractivity contribution in [3.05, 3.63) is 23.3 Å². The highest BCUT2D eigenvalue weighted by Crippen LogP contribution is 2.70. The maximum absolute atomic E-state index is 13.0. The summed E-state index contributed by atoms with van der Waals surface area (Å²) in [6.07, 6.45) is 4.01. The van der Waals surface area contributed by atoms with Crippen LogP contribution in [0.5, 0.6) is 0 Å². The Labute approximate surface area is 208 Å². The van der Waals surface area contributed by atoms with E-state index >= 15 is 0 Å². The number of esters is 1. The van der Waals surface area contributed by atoms with Crippen molar-refractivity contribution >= 4 is 11.8 Å². The molecule has 0 radical (unpaired) electrons. The van der Waals surface area contributed by atoms with Crippen LogP contribution in [0.2, 0.25) is 0 Å². The summed E-state index contributed by atoms with van der Waals surface area (Å²) in [7, 11) is 0. The molecule has 4 rings (SSSR count). The topological polar surface area (TPSA) is 124 Å². The Bertz CT molecular complexity index is 984. The van der Waals surface area contributed by atoms with Gasteiger partial charge in [0, 0.05) is 12.0 Å². The molecule has 0 bridgehead atoms. The van der Waals surface area contributed by atoms with Gasteiger partial charge >= 0.3 is 5.97 Å². The fraction of sp³-hybridized carbons (Fsp3) is 0.786. The fourth-order valence-electron chi connectivity index (χ4n) is 7.90. The Kier molecular flexibility index (Phi) is 6.24. The van der Waals surface area contributed by atoms with E-state index in [2.05, 4.69) is 6.92 Å². The molecule has 7 heteroatoms. The standard InChI is InChI=1S/C28H42O7/c1-16(2)17(3)13-23(31)35-22-15-21-24(5)9-8-20(30)14-19(24)7-10-27(21,33)28(34)12-11-26(32,18(4)29)25(22,28)6/h7,13,16,20-22,30,32-34H,8-12,14-15H2,1-6H3/b17-13+/t20-,21+,22-,24+,25-,26+,27+,28+/m0/s1. The lowest BCUT2D eigenvalue weighted by molar-refractivity contribution is -0.314. The van der Waals surface area contributed by atoms with Crippen LogP contribution in [0.4, 0.5) is 0 Å². The van der Waals surface area contributed by atoms with Crippen molar-refractivity contribution in [2.45, 2.75) is 115 Å². The Balaban J connectivity index is 1.85. The number of ether oxygens (including phenoxy) is 1. The minimum atomic E-state index is -1.95. The summed E-state index contributed by atoms with van der Waals surface area (Å²) in [4.78, 5) is 25.9. The molecule has 196 valence electrons. The first-order chi connectivity index (χ1) is 16.1. The highest BCUT2D eigenvalue weighted by Gasteiger charge is 2.81. The zero-order valence-electron chi connectivity index (χ0n) is 21.9. The Morgan fingerprint density at radius 1 is 1.11 bits per heavy atom. The lowest BCUT2D eigenvalue weighted by Crippen LogP contribution is -2.78. The molecule has 0 aromatic heterocycles. The molecule has 4 aliphatic rings. The van der Waals surface area contributed by atoms with Crippen LogP contribution in [0.15, 0.2) is 23.3 Å². The summed E-state index contributed by atoms with van der Waals surface area (Å²) in [6, 6.07) is 0. The molecule has 35 heavy (non-hydrogen) atoms. The van der Waals surface area contributed by atoms with Crippen molar-refractivity contribution in [1.29, 1.82) is 0 Å². The van der Waals surface area contributed by atoms with Gasteiger partial charge in [0.25, 0.3) is 0 Å². The molecule has 4 aliphatic carbocycles. The van der Waals surface area contributed by atoms with Gasteiger partial charge in [0.1, 0.15) is 22.9 Å². The molecule has 7 nitrogen and oxygen atoms in total. The van der Waals surface area contributed by atoms with E-state index in [0.717, 1.165) is 11.1 Å². The van der Waals surface area contributed by atoms with Gasteiger partial charge in [-0.05, 0) is 77.0 Å². The zero-order valence-corrected chi connectivity index (χ0v) is 21.9. The number of ketones is 1. The molecule has 0 aromatic rings. The quantitative estimate of drug-likeness (QED) is 0.271. The third-order valence-corrected chi connectivity index (χ3v) is 10.7. The fourth-order valence-corrected chi connectivity index (χ4v) is 7.90. The van der Waals surface area contributed by atoms with Gasteiger partial charge in [-0.2, -0.15) is 0 Å². The first-order valence-electron chi connectivity index (χ1n) is 13.0. The second-order valence-corrected chi connectivity index (χ2v) is 12.4. The molecule has 0 aromatic carbocycles. The normalized spacial score (nSPS) is 47.5. The largest absolute Gasteiger partial charge is 0.458 e. The van der Waals surface area contributed by atoms with Gasteiger partial charge in [0.15, 0.2) is 5.78 Å². The molecule has 0 amide bonds. The molecule has 0 spiro atoms. The van der Waals surface area contributed by atoms with Gasteiger partial charge in [-0.1, -0.05) is 38.0 Å². The number of rotatable bonds is 4. The first kappa shape index (κ1) is 26.5. The number of hydrogen-bond donors (Lipinski definition) is 4. The highest BCUT2D eigenvalue weighted by atomic mass is 16.5. The van der Waals surface area contributed by atoms with E-state index in [1.807, 2.05) is 26.8 Å². The van der Waals surface area contributed by atoms with E-state index < -0.39 is 57.5 Å². The van der Waals surface area contributed by atoms with Gasteiger partial charge in [-0.15, -0.1) is 0 Å². The SMILES string of the molecule is CC(=O)[C@]1(O)CC[C@@]2(O)[C@@]1(C)[C@@H](OC(=O)/C=C(\C)C(C)C)C[C@H]1[C@]2(O)CC=C2C[C@@H](O)CC[C@]21C. The summed E-state index contributed by atoms with van der Waals surface area (Å²) in [6.45, 7) is 10.7. The van der Waals surface area contributed by atoms with E-state index in [-0.39, 0.29) is 31.6 Å². The van der Waals surface area contributed by atoms with Crippen molar-refractivity contribution in [3.8, 4) is 0 Å². The molecular weight excluding hydrogens is 448 g/mol. The zero-order chi connectivity index (χ0) is 26.2. The second-order valence-electron chi connectivity index (χ2n) is 12.4. The van der Waals surface area contributed by atoms with Gasteiger partial charge in [-0.25, -0.2) is 4.79 Å². The number of fused-ring (bicyclic) bond motifs is 5. The number of carbonyl (C=O) groups excluding carboxylic acids is 2. The smallest absolute Gasteiger partial charge is 0.330 e. The average Bonchev–Trinajstić information content (AvgIpc) is 3.00. The Hall–Kier alpha value is -1.54.